The second-order valence-corrected chi connectivity index (χ2v) is 6.99. The van der Waals surface area contributed by atoms with Gasteiger partial charge in [0.05, 0.1) is 18.9 Å². The Hall–Kier alpha value is -2.41. The molecule has 140 valence electrons. The topological polar surface area (TPSA) is 67.6 Å². The third-order valence-electron chi connectivity index (χ3n) is 4.64. The van der Waals surface area contributed by atoms with Gasteiger partial charge in [-0.05, 0) is 37.3 Å². The molecule has 0 aliphatic carbocycles. The molecule has 7 heteroatoms. The molecule has 1 amide bonds. The number of carbonyl (C=O) groups is 1. The van der Waals surface area contributed by atoms with Crippen molar-refractivity contribution in [3.05, 3.63) is 58.4 Å². The molecule has 1 aromatic carbocycles. The van der Waals surface area contributed by atoms with Crippen molar-refractivity contribution in [1.82, 2.24) is 9.88 Å². The van der Waals surface area contributed by atoms with Gasteiger partial charge in [-0.1, -0.05) is 17.7 Å². The van der Waals surface area contributed by atoms with Crippen LogP contribution in [0.1, 0.15) is 21.8 Å². The number of pyridine rings is 1. The zero-order valence-electron chi connectivity index (χ0n) is 15.0. The summed E-state index contributed by atoms with van der Waals surface area (Å²) < 4.78 is 11.1. The number of hydrogen-bond acceptors (Lipinski definition) is 5. The number of nitrogens with zero attached hydrogens (tertiary/aromatic N) is 2. The lowest BCUT2D eigenvalue weighted by Gasteiger charge is -2.26. The lowest BCUT2D eigenvalue weighted by atomic mass is 10.1. The summed E-state index contributed by atoms with van der Waals surface area (Å²) in [6, 6.07) is 10.9. The zero-order chi connectivity index (χ0) is 18.8. The van der Waals surface area contributed by atoms with Gasteiger partial charge in [-0.15, -0.1) is 0 Å². The van der Waals surface area contributed by atoms with E-state index in [-0.39, 0.29) is 11.7 Å². The van der Waals surface area contributed by atoms with Gasteiger partial charge in [-0.2, -0.15) is 0 Å². The molecule has 1 aliphatic heterocycles. The molecule has 1 N–H and O–H groups in total. The first-order valence-corrected chi connectivity index (χ1v) is 9.24. The van der Waals surface area contributed by atoms with Gasteiger partial charge >= 0.3 is 0 Å². The Morgan fingerprint density at radius 2 is 2.07 bits per heavy atom. The molecule has 0 saturated carbocycles. The predicted octanol–water partition coefficient (Wildman–Crippen LogP) is 3.87. The Morgan fingerprint density at radius 3 is 2.89 bits per heavy atom. The fourth-order valence-electron chi connectivity index (χ4n) is 3.21. The lowest BCUT2D eigenvalue weighted by molar-refractivity contribution is 0.0337. The fraction of sp³-hybridized carbons (Fsp3) is 0.300. The van der Waals surface area contributed by atoms with E-state index in [0.29, 0.717) is 16.4 Å². The molecule has 0 unspecified atom stereocenters. The maximum Gasteiger partial charge on any atom is 0.292 e. The Morgan fingerprint density at radius 1 is 1.26 bits per heavy atom. The van der Waals surface area contributed by atoms with Crippen molar-refractivity contribution in [2.24, 2.45) is 0 Å². The summed E-state index contributed by atoms with van der Waals surface area (Å²) in [5.41, 5.74) is 2.30. The van der Waals surface area contributed by atoms with Crippen molar-refractivity contribution in [1.29, 1.82) is 0 Å². The van der Waals surface area contributed by atoms with Crippen molar-refractivity contribution in [3.8, 4) is 0 Å². The first kappa shape index (κ1) is 18.0. The minimum atomic E-state index is -0.323. The number of hydrogen-bond donors (Lipinski definition) is 1. The monoisotopic (exact) mass is 385 g/mol. The average Bonchev–Trinajstić information content (AvgIpc) is 2.99. The Labute approximate surface area is 162 Å². The van der Waals surface area contributed by atoms with Gasteiger partial charge in [0.1, 0.15) is 11.4 Å². The first-order chi connectivity index (χ1) is 13.1. The minimum absolute atomic E-state index is 0.271. The second kappa shape index (κ2) is 7.68. The summed E-state index contributed by atoms with van der Waals surface area (Å²) in [5.74, 6) is 0.451. The van der Waals surface area contributed by atoms with E-state index < -0.39 is 0 Å². The van der Waals surface area contributed by atoms with Crippen LogP contribution in [0.2, 0.25) is 5.02 Å². The van der Waals surface area contributed by atoms with Gasteiger partial charge in [-0.25, -0.2) is 4.98 Å². The summed E-state index contributed by atoms with van der Waals surface area (Å²) >= 11 is 6.04. The van der Waals surface area contributed by atoms with Crippen LogP contribution in [0.25, 0.3) is 11.0 Å². The van der Waals surface area contributed by atoms with Gasteiger partial charge in [0.2, 0.25) is 0 Å². The van der Waals surface area contributed by atoms with Crippen LogP contribution < -0.4 is 5.32 Å². The predicted molar refractivity (Wildman–Crippen MR) is 104 cm³/mol. The number of aromatic nitrogens is 1. The number of ether oxygens (including phenoxy) is 1. The van der Waals surface area contributed by atoms with Crippen LogP contribution in [-0.4, -0.2) is 42.1 Å². The number of anilines is 1. The highest BCUT2D eigenvalue weighted by atomic mass is 35.5. The second-order valence-electron chi connectivity index (χ2n) is 6.55. The summed E-state index contributed by atoms with van der Waals surface area (Å²) in [4.78, 5) is 19.5. The summed E-state index contributed by atoms with van der Waals surface area (Å²) in [7, 11) is 0. The minimum Gasteiger partial charge on any atom is -0.451 e. The Bertz CT molecular complexity index is 980. The SMILES string of the molecule is Cc1c(C(=O)Nc2cccc(CN3CCOCC3)n2)oc2ccc(Cl)cc12. The van der Waals surface area contributed by atoms with Gasteiger partial charge in [0.15, 0.2) is 5.76 Å². The van der Waals surface area contributed by atoms with Crippen LogP contribution in [0.15, 0.2) is 40.8 Å². The standard InChI is InChI=1S/C20H20ClN3O3/c1-13-16-11-14(21)5-6-17(16)27-19(13)20(25)23-18-4-2-3-15(22-18)12-24-7-9-26-10-8-24/h2-6,11H,7-10,12H2,1H3,(H,22,23,25). The fourth-order valence-corrected chi connectivity index (χ4v) is 3.38. The van der Waals surface area contributed by atoms with E-state index in [1.807, 2.05) is 19.1 Å². The molecule has 1 fully saturated rings. The highest BCUT2D eigenvalue weighted by Crippen LogP contribution is 2.28. The molecule has 0 radical (unpaired) electrons. The van der Waals surface area contributed by atoms with E-state index >= 15 is 0 Å². The third-order valence-corrected chi connectivity index (χ3v) is 4.88. The first-order valence-electron chi connectivity index (χ1n) is 8.86. The van der Waals surface area contributed by atoms with E-state index in [2.05, 4.69) is 15.2 Å². The molecule has 4 rings (SSSR count). The highest BCUT2D eigenvalue weighted by Gasteiger charge is 2.19. The number of benzene rings is 1. The number of amides is 1. The number of aryl methyl sites for hydroxylation is 1. The number of morpholine rings is 1. The van der Waals surface area contributed by atoms with Crippen molar-refractivity contribution in [2.75, 3.05) is 31.6 Å². The zero-order valence-corrected chi connectivity index (χ0v) is 15.8. The average molecular weight is 386 g/mol. The molecule has 0 atom stereocenters. The van der Waals surface area contributed by atoms with Crippen molar-refractivity contribution >= 4 is 34.3 Å². The molecule has 6 nitrogen and oxygen atoms in total. The van der Waals surface area contributed by atoms with Crippen LogP contribution in [-0.2, 0) is 11.3 Å². The number of carbonyl (C=O) groups excluding carboxylic acids is 1. The lowest BCUT2D eigenvalue weighted by Crippen LogP contribution is -2.35. The third kappa shape index (κ3) is 3.98. The number of fused-ring (bicyclic) bond motifs is 1. The quantitative estimate of drug-likeness (QED) is 0.738. The van der Waals surface area contributed by atoms with Crippen LogP contribution in [0, 0.1) is 6.92 Å². The van der Waals surface area contributed by atoms with Crippen LogP contribution in [0.3, 0.4) is 0 Å². The maximum atomic E-state index is 12.7. The molecule has 0 bridgehead atoms. The normalized spacial score (nSPS) is 15.2. The smallest absolute Gasteiger partial charge is 0.292 e. The van der Waals surface area contributed by atoms with Crippen molar-refractivity contribution in [2.45, 2.75) is 13.5 Å². The van der Waals surface area contributed by atoms with Gasteiger partial charge in [0.25, 0.3) is 5.91 Å². The maximum absolute atomic E-state index is 12.7. The molecular formula is C20H20ClN3O3. The molecule has 3 aromatic rings. The van der Waals surface area contributed by atoms with Gasteiger partial charge < -0.3 is 14.5 Å². The van der Waals surface area contributed by atoms with Gasteiger partial charge in [0, 0.05) is 35.6 Å². The Balaban J connectivity index is 1.51. The van der Waals surface area contributed by atoms with E-state index in [0.717, 1.165) is 49.5 Å². The van der Waals surface area contributed by atoms with Crippen molar-refractivity contribution in [3.63, 3.8) is 0 Å². The van der Waals surface area contributed by atoms with Crippen LogP contribution >= 0.6 is 11.6 Å². The number of nitrogens with one attached hydrogen (secondary N) is 1. The number of rotatable bonds is 4. The number of furan rings is 1. The molecule has 1 aliphatic rings. The number of halogens is 1. The molecular weight excluding hydrogens is 366 g/mol. The van der Waals surface area contributed by atoms with Crippen molar-refractivity contribution < 1.29 is 13.9 Å². The van der Waals surface area contributed by atoms with E-state index in [1.54, 1.807) is 24.3 Å². The summed E-state index contributed by atoms with van der Waals surface area (Å²) in [6.45, 7) is 5.84. The highest BCUT2D eigenvalue weighted by molar-refractivity contribution is 6.31. The van der Waals surface area contributed by atoms with E-state index in [1.165, 1.54) is 0 Å². The molecule has 3 heterocycles. The van der Waals surface area contributed by atoms with E-state index in [4.69, 9.17) is 20.8 Å². The molecule has 0 spiro atoms. The summed E-state index contributed by atoms with van der Waals surface area (Å²) in [5, 5.41) is 4.27. The molecule has 27 heavy (non-hydrogen) atoms. The van der Waals surface area contributed by atoms with E-state index in [9.17, 15) is 4.79 Å². The molecule has 1 saturated heterocycles. The molecule has 2 aromatic heterocycles. The van der Waals surface area contributed by atoms with Gasteiger partial charge in [-0.3, -0.25) is 9.69 Å². The van der Waals surface area contributed by atoms with Crippen LogP contribution in [0.5, 0.6) is 0 Å². The Kier molecular flexibility index (Phi) is 5.11. The van der Waals surface area contributed by atoms with Crippen LogP contribution in [0.4, 0.5) is 5.82 Å². The largest absolute Gasteiger partial charge is 0.451 e. The summed E-state index contributed by atoms with van der Waals surface area (Å²) in [6.07, 6.45) is 0.